The molecule has 0 saturated carbocycles. The molecule has 0 saturated heterocycles. The number of hydrogen-bond donors (Lipinski definition) is 0. The number of aromatic nitrogens is 1. The molecule has 0 atom stereocenters. The first-order valence-electron chi connectivity index (χ1n) is 10.9. The van der Waals surface area contributed by atoms with Gasteiger partial charge in [-0.15, -0.1) is 12.4 Å². The van der Waals surface area contributed by atoms with Crippen molar-refractivity contribution in [1.29, 1.82) is 0 Å². The molecule has 9 heteroatoms. The van der Waals surface area contributed by atoms with E-state index in [1.165, 1.54) is 18.3 Å². The number of likely N-dealkylation sites (N-methyl/N-ethyl adjacent to an activating group) is 1. The average Bonchev–Trinajstić information content (AvgIpc) is 3.22. The summed E-state index contributed by atoms with van der Waals surface area (Å²) >= 11 is 1.46. The number of halogens is 1. The van der Waals surface area contributed by atoms with Crippen molar-refractivity contribution < 1.29 is 19.1 Å². The Morgan fingerprint density at radius 3 is 2.18 bits per heavy atom. The molecule has 4 rings (SSSR count). The first kappa shape index (κ1) is 25.0. The molecule has 2 aromatic carbocycles. The highest BCUT2D eigenvalue weighted by Gasteiger charge is 2.23. The first-order chi connectivity index (χ1) is 15.5. The van der Waals surface area contributed by atoms with Gasteiger partial charge in [-0.05, 0) is 32.1 Å². The van der Waals surface area contributed by atoms with E-state index in [1.54, 1.807) is 29.2 Å². The second kappa shape index (κ2) is 11.0. The molecule has 0 aliphatic carbocycles. The molecule has 0 unspecified atom stereocenters. The molecular formula is C24H28ClN3O4S. The highest BCUT2D eigenvalue weighted by atomic mass is 35.5. The Kier molecular flexibility index (Phi) is 8.29. The van der Waals surface area contributed by atoms with Gasteiger partial charge in [0.2, 0.25) is 0 Å². The number of benzene rings is 2. The van der Waals surface area contributed by atoms with E-state index in [0.717, 1.165) is 29.9 Å². The zero-order chi connectivity index (χ0) is 22.7. The zero-order valence-corrected chi connectivity index (χ0v) is 20.6. The average molecular weight is 490 g/mol. The lowest BCUT2D eigenvalue weighted by Gasteiger charge is -2.24. The van der Waals surface area contributed by atoms with Crippen molar-refractivity contribution in [3.8, 4) is 11.5 Å². The number of nitrogens with zero attached hydrogens (tertiary/aromatic N) is 3. The quantitative estimate of drug-likeness (QED) is 0.428. The maximum absolute atomic E-state index is 13.5. The molecule has 0 radical (unpaired) electrons. The number of hydrogen-bond acceptors (Lipinski definition) is 7. The van der Waals surface area contributed by atoms with Crippen LogP contribution in [0.5, 0.6) is 11.5 Å². The molecule has 0 spiro atoms. The molecule has 1 aromatic heterocycles. The van der Waals surface area contributed by atoms with Crippen LogP contribution in [0.3, 0.4) is 0 Å². The number of ether oxygens (including phenoxy) is 2. The second-order valence-electron chi connectivity index (χ2n) is 7.58. The van der Waals surface area contributed by atoms with Crippen molar-refractivity contribution in [3.63, 3.8) is 0 Å². The van der Waals surface area contributed by atoms with Gasteiger partial charge in [-0.1, -0.05) is 37.3 Å². The lowest BCUT2D eigenvalue weighted by Crippen LogP contribution is -2.38. The van der Waals surface area contributed by atoms with E-state index in [-0.39, 0.29) is 24.1 Å². The van der Waals surface area contributed by atoms with E-state index < -0.39 is 0 Å². The molecule has 1 aliphatic rings. The van der Waals surface area contributed by atoms with E-state index in [2.05, 4.69) is 18.7 Å². The minimum absolute atomic E-state index is 0. The van der Waals surface area contributed by atoms with E-state index >= 15 is 0 Å². The van der Waals surface area contributed by atoms with Crippen LogP contribution in [0.1, 0.15) is 41.5 Å². The molecule has 1 amide bonds. The molecule has 3 aromatic rings. The van der Waals surface area contributed by atoms with Crippen LogP contribution >= 0.6 is 23.7 Å². The van der Waals surface area contributed by atoms with Gasteiger partial charge < -0.3 is 14.4 Å². The summed E-state index contributed by atoms with van der Waals surface area (Å²) in [5.74, 6) is 1.23. The molecule has 176 valence electrons. The van der Waals surface area contributed by atoms with Crippen LogP contribution in [-0.4, -0.2) is 61.0 Å². The summed E-state index contributed by atoms with van der Waals surface area (Å²) in [6.07, 6.45) is 0. The van der Waals surface area contributed by atoms with Crippen molar-refractivity contribution in [1.82, 2.24) is 9.88 Å². The molecule has 2 heterocycles. The van der Waals surface area contributed by atoms with Crippen LogP contribution in [-0.2, 0) is 0 Å². The van der Waals surface area contributed by atoms with Gasteiger partial charge in [0.25, 0.3) is 5.91 Å². The minimum Gasteiger partial charge on any atom is -0.486 e. The van der Waals surface area contributed by atoms with Crippen LogP contribution in [0.25, 0.3) is 10.2 Å². The number of anilines is 1. The number of carbonyl (C=O) groups excluding carboxylic acids is 2. The molecular weight excluding hydrogens is 462 g/mol. The monoisotopic (exact) mass is 489 g/mol. The van der Waals surface area contributed by atoms with E-state index in [1.807, 2.05) is 12.1 Å². The van der Waals surface area contributed by atoms with Gasteiger partial charge in [0, 0.05) is 36.3 Å². The highest BCUT2D eigenvalue weighted by molar-refractivity contribution is 7.22. The zero-order valence-electron chi connectivity index (χ0n) is 19.0. The van der Waals surface area contributed by atoms with Crippen LogP contribution in [0.4, 0.5) is 5.13 Å². The number of Topliss-reactive ketones (excluding diaryl/α,β-unsaturated/α-hetero) is 1. The SMILES string of the molecule is CCN(CC)CCN(C(=O)c1ccc(C(C)=O)cc1)c1nc2cc3c(cc2s1)OCCO3.Cl. The number of amides is 1. The Morgan fingerprint density at radius 1 is 0.970 bits per heavy atom. The third kappa shape index (κ3) is 5.46. The van der Waals surface area contributed by atoms with Crippen LogP contribution < -0.4 is 14.4 Å². The standard InChI is InChI=1S/C24H27N3O4S.ClH/c1-4-26(5-2)10-11-27(23(29)18-8-6-17(7-9-18)16(3)28)24-25-19-14-20-21(15-22(19)32-24)31-13-12-30-20;/h6-9,14-15H,4-5,10-13H2,1-3H3;1H. The lowest BCUT2D eigenvalue weighted by molar-refractivity contribution is 0.0980. The van der Waals surface area contributed by atoms with Crippen LogP contribution in [0.2, 0.25) is 0 Å². The second-order valence-corrected chi connectivity index (χ2v) is 8.59. The van der Waals surface area contributed by atoms with Crippen LogP contribution in [0.15, 0.2) is 36.4 Å². The Morgan fingerprint density at radius 2 is 1.58 bits per heavy atom. The summed E-state index contributed by atoms with van der Waals surface area (Å²) in [5, 5.41) is 0.634. The highest BCUT2D eigenvalue weighted by Crippen LogP contribution is 2.39. The third-order valence-corrected chi connectivity index (χ3v) is 6.63. The fraction of sp³-hybridized carbons (Fsp3) is 0.375. The number of thiazole rings is 1. The fourth-order valence-electron chi connectivity index (χ4n) is 3.64. The third-order valence-electron chi connectivity index (χ3n) is 5.59. The smallest absolute Gasteiger partial charge is 0.260 e. The van der Waals surface area contributed by atoms with E-state index in [0.29, 0.717) is 47.5 Å². The van der Waals surface area contributed by atoms with Gasteiger partial charge in [-0.2, -0.15) is 0 Å². The first-order valence-corrected chi connectivity index (χ1v) is 11.7. The van der Waals surface area contributed by atoms with Crippen molar-refractivity contribution in [3.05, 3.63) is 47.5 Å². The maximum Gasteiger partial charge on any atom is 0.260 e. The Balaban J connectivity index is 0.00000306. The van der Waals surface area contributed by atoms with Gasteiger partial charge >= 0.3 is 0 Å². The summed E-state index contributed by atoms with van der Waals surface area (Å²) < 4.78 is 12.3. The molecule has 1 aliphatic heterocycles. The van der Waals surface area contributed by atoms with Crippen molar-refractivity contribution in [2.24, 2.45) is 0 Å². The van der Waals surface area contributed by atoms with Crippen molar-refractivity contribution in [2.75, 3.05) is 44.3 Å². The summed E-state index contributed by atoms with van der Waals surface area (Å²) in [7, 11) is 0. The predicted octanol–water partition coefficient (Wildman–Crippen LogP) is 4.68. The number of rotatable bonds is 8. The van der Waals surface area contributed by atoms with Gasteiger partial charge in [0.1, 0.15) is 13.2 Å². The summed E-state index contributed by atoms with van der Waals surface area (Å²) in [6.45, 7) is 9.85. The summed E-state index contributed by atoms with van der Waals surface area (Å²) in [4.78, 5) is 33.9. The predicted molar refractivity (Wildman–Crippen MR) is 134 cm³/mol. The van der Waals surface area contributed by atoms with E-state index in [9.17, 15) is 9.59 Å². The van der Waals surface area contributed by atoms with Gasteiger partial charge in [-0.3, -0.25) is 14.5 Å². The lowest BCUT2D eigenvalue weighted by atomic mass is 10.1. The molecule has 0 bridgehead atoms. The number of fused-ring (bicyclic) bond motifs is 2. The molecule has 0 N–H and O–H groups in total. The van der Waals surface area contributed by atoms with Crippen molar-refractivity contribution >= 4 is 50.8 Å². The van der Waals surface area contributed by atoms with Gasteiger partial charge in [-0.25, -0.2) is 4.98 Å². The van der Waals surface area contributed by atoms with Crippen molar-refractivity contribution in [2.45, 2.75) is 20.8 Å². The molecule has 33 heavy (non-hydrogen) atoms. The minimum atomic E-state index is -0.136. The number of carbonyl (C=O) groups is 2. The van der Waals surface area contributed by atoms with Gasteiger partial charge in [0.15, 0.2) is 22.4 Å². The maximum atomic E-state index is 13.5. The summed E-state index contributed by atoms with van der Waals surface area (Å²) in [5.41, 5.74) is 1.89. The Labute approximate surface area is 203 Å². The molecule has 7 nitrogen and oxygen atoms in total. The Bertz CT molecular complexity index is 1090. The largest absolute Gasteiger partial charge is 0.486 e. The topological polar surface area (TPSA) is 72.0 Å². The fourth-order valence-corrected chi connectivity index (χ4v) is 4.64. The molecule has 0 fully saturated rings. The normalized spacial score (nSPS) is 12.5. The van der Waals surface area contributed by atoms with E-state index in [4.69, 9.17) is 14.5 Å². The van der Waals surface area contributed by atoms with Crippen LogP contribution in [0, 0.1) is 0 Å². The Hall–Kier alpha value is -2.68. The van der Waals surface area contributed by atoms with Gasteiger partial charge in [0.05, 0.1) is 10.2 Å². The number of ketones is 1. The summed E-state index contributed by atoms with van der Waals surface area (Å²) in [6, 6.07) is 10.6.